The number of rotatable bonds is 7. The number of piperazine rings is 1. The summed E-state index contributed by atoms with van der Waals surface area (Å²) in [5.41, 5.74) is 2.47. The normalized spacial score (nSPS) is 15.8. The van der Waals surface area contributed by atoms with Gasteiger partial charge in [0.05, 0.1) is 13.1 Å². The number of hydrogen-bond donors (Lipinski definition) is 3. The number of para-hydroxylation sites is 1. The van der Waals surface area contributed by atoms with Gasteiger partial charge in [0, 0.05) is 43.6 Å². The third-order valence-corrected chi connectivity index (χ3v) is 5.92. The molecule has 2 aliphatic heterocycles. The number of carbonyl (C=O) groups excluding carboxylic acids is 3. The molecular formula is C25H31N5O5. The molecule has 1 saturated heterocycles. The van der Waals surface area contributed by atoms with E-state index < -0.39 is 6.03 Å². The second-order valence-corrected chi connectivity index (χ2v) is 8.47. The third kappa shape index (κ3) is 6.93. The largest absolute Gasteiger partial charge is 0.486 e. The molecule has 4 amide bonds. The van der Waals surface area contributed by atoms with Crippen LogP contribution >= 0.6 is 0 Å². The molecule has 2 aliphatic rings. The van der Waals surface area contributed by atoms with Crippen molar-refractivity contribution in [3.63, 3.8) is 0 Å². The third-order valence-electron chi connectivity index (χ3n) is 5.92. The Kier molecular flexibility index (Phi) is 8.17. The van der Waals surface area contributed by atoms with Crippen LogP contribution < -0.4 is 25.4 Å². The van der Waals surface area contributed by atoms with Crippen LogP contribution in [0.4, 0.5) is 16.2 Å². The molecule has 10 heteroatoms. The van der Waals surface area contributed by atoms with Gasteiger partial charge in [0.25, 0.3) is 0 Å². The van der Waals surface area contributed by atoms with Crippen molar-refractivity contribution in [3.8, 4) is 11.5 Å². The molecular weight excluding hydrogens is 450 g/mol. The van der Waals surface area contributed by atoms with Gasteiger partial charge in [0.2, 0.25) is 11.8 Å². The number of nitrogens with zero attached hydrogens (tertiary/aromatic N) is 2. The van der Waals surface area contributed by atoms with E-state index in [1.807, 2.05) is 29.2 Å². The van der Waals surface area contributed by atoms with Gasteiger partial charge in [-0.1, -0.05) is 25.1 Å². The van der Waals surface area contributed by atoms with Crippen molar-refractivity contribution in [2.24, 2.45) is 0 Å². The van der Waals surface area contributed by atoms with Crippen molar-refractivity contribution in [3.05, 3.63) is 48.0 Å². The van der Waals surface area contributed by atoms with Crippen molar-refractivity contribution >= 4 is 29.2 Å². The number of hydrogen-bond acceptors (Lipinski definition) is 7. The van der Waals surface area contributed by atoms with Gasteiger partial charge in [0.15, 0.2) is 11.5 Å². The van der Waals surface area contributed by atoms with E-state index in [9.17, 15) is 14.4 Å². The Bertz CT molecular complexity index is 1070. The van der Waals surface area contributed by atoms with E-state index in [0.29, 0.717) is 63.1 Å². The Morgan fingerprint density at radius 3 is 2.20 bits per heavy atom. The Labute approximate surface area is 204 Å². The van der Waals surface area contributed by atoms with Gasteiger partial charge in [-0.2, -0.15) is 0 Å². The number of urea groups is 1. The lowest BCUT2D eigenvalue weighted by Crippen LogP contribution is -2.51. The molecule has 0 atom stereocenters. The first-order chi connectivity index (χ1) is 17.0. The lowest BCUT2D eigenvalue weighted by Gasteiger charge is -2.33. The fourth-order valence-electron chi connectivity index (χ4n) is 4.10. The number of amides is 4. The maximum atomic E-state index is 12.5. The van der Waals surface area contributed by atoms with Crippen LogP contribution in [-0.4, -0.2) is 80.1 Å². The van der Waals surface area contributed by atoms with Gasteiger partial charge in [-0.15, -0.1) is 0 Å². The summed E-state index contributed by atoms with van der Waals surface area (Å²) in [7, 11) is 0. The number of benzene rings is 2. The summed E-state index contributed by atoms with van der Waals surface area (Å²) in [4.78, 5) is 41.0. The molecule has 3 N–H and O–H groups in total. The summed E-state index contributed by atoms with van der Waals surface area (Å²) >= 11 is 0. The van der Waals surface area contributed by atoms with Crippen molar-refractivity contribution in [1.82, 2.24) is 15.1 Å². The highest BCUT2D eigenvalue weighted by Gasteiger charge is 2.22. The molecule has 186 valence electrons. The van der Waals surface area contributed by atoms with Crippen LogP contribution in [0.25, 0.3) is 0 Å². The van der Waals surface area contributed by atoms with Crippen LogP contribution in [0.2, 0.25) is 0 Å². The van der Waals surface area contributed by atoms with Crippen LogP contribution in [0, 0.1) is 0 Å². The van der Waals surface area contributed by atoms with E-state index in [1.54, 1.807) is 18.2 Å². The highest BCUT2D eigenvalue weighted by molar-refractivity contribution is 6.01. The minimum atomic E-state index is -0.602. The van der Waals surface area contributed by atoms with Crippen LogP contribution in [-0.2, 0) is 16.0 Å². The predicted octanol–water partition coefficient (Wildman–Crippen LogP) is 1.92. The second-order valence-electron chi connectivity index (χ2n) is 8.47. The molecule has 2 aromatic rings. The fourth-order valence-corrected chi connectivity index (χ4v) is 4.10. The van der Waals surface area contributed by atoms with E-state index in [-0.39, 0.29) is 18.4 Å². The summed E-state index contributed by atoms with van der Waals surface area (Å²) in [6.45, 7) is 6.01. The Morgan fingerprint density at radius 2 is 1.49 bits per heavy atom. The first-order valence-corrected chi connectivity index (χ1v) is 11.8. The van der Waals surface area contributed by atoms with Crippen molar-refractivity contribution < 1.29 is 23.9 Å². The van der Waals surface area contributed by atoms with Gasteiger partial charge < -0.3 is 20.1 Å². The molecule has 0 spiro atoms. The zero-order valence-corrected chi connectivity index (χ0v) is 19.8. The summed E-state index contributed by atoms with van der Waals surface area (Å²) in [6, 6.07) is 12.3. The van der Waals surface area contributed by atoms with E-state index in [0.717, 1.165) is 17.7 Å². The average Bonchev–Trinajstić information content (AvgIpc) is 2.85. The molecule has 4 rings (SSSR count). The molecule has 0 aromatic heterocycles. The maximum absolute atomic E-state index is 12.5. The zero-order chi connectivity index (χ0) is 24.6. The zero-order valence-electron chi connectivity index (χ0n) is 19.8. The Hall–Kier alpha value is -3.63. The van der Waals surface area contributed by atoms with E-state index in [2.05, 4.69) is 27.8 Å². The molecule has 0 unspecified atom stereocenters. The topological polar surface area (TPSA) is 112 Å². The van der Waals surface area contributed by atoms with E-state index in [1.165, 1.54) is 0 Å². The number of nitrogens with one attached hydrogen (secondary N) is 3. The number of fused-ring (bicyclic) bond motifs is 1. The van der Waals surface area contributed by atoms with Gasteiger partial charge in [-0.05, 0) is 30.2 Å². The summed E-state index contributed by atoms with van der Waals surface area (Å²) in [5, 5.41) is 7.99. The molecule has 35 heavy (non-hydrogen) atoms. The maximum Gasteiger partial charge on any atom is 0.325 e. The van der Waals surface area contributed by atoms with Gasteiger partial charge >= 0.3 is 6.03 Å². The number of carbonyl (C=O) groups is 3. The second kappa shape index (κ2) is 11.7. The van der Waals surface area contributed by atoms with Crippen LogP contribution in [0.1, 0.15) is 12.5 Å². The Balaban J connectivity index is 1.16. The first kappa shape index (κ1) is 24.5. The SMILES string of the molecule is CCc1ccccc1NC(=O)CN1CCN(CC(=O)NC(=O)Nc2ccc3c(c2)OCCO3)CC1. The molecule has 0 saturated carbocycles. The lowest BCUT2D eigenvalue weighted by atomic mass is 10.1. The van der Waals surface area contributed by atoms with Crippen LogP contribution in [0.5, 0.6) is 11.5 Å². The van der Waals surface area contributed by atoms with E-state index in [4.69, 9.17) is 9.47 Å². The molecule has 0 bridgehead atoms. The molecule has 1 fully saturated rings. The number of imide groups is 1. The lowest BCUT2D eigenvalue weighted by molar-refractivity contribution is -0.122. The molecule has 10 nitrogen and oxygen atoms in total. The predicted molar refractivity (Wildman–Crippen MR) is 132 cm³/mol. The molecule has 0 radical (unpaired) electrons. The summed E-state index contributed by atoms with van der Waals surface area (Å²) in [6.07, 6.45) is 0.853. The Morgan fingerprint density at radius 1 is 0.829 bits per heavy atom. The summed E-state index contributed by atoms with van der Waals surface area (Å²) in [5.74, 6) is 0.748. The van der Waals surface area contributed by atoms with Crippen LogP contribution in [0.15, 0.2) is 42.5 Å². The number of aryl methyl sites for hydroxylation is 1. The quantitative estimate of drug-likeness (QED) is 0.554. The minimum Gasteiger partial charge on any atom is -0.486 e. The standard InChI is InChI=1S/C25H31N5O5/c1-2-18-5-3-4-6-20(18)27-23(31)16-29-9-11-30(12-10-29)17-24(32)28-25(33)26-19-7-8-21-22(15-19)35-14-13-34-21/h3-8,15H,2,9-14,16-17H2,1H3,(H,27,31)(H2,26,28,32,33). The molecule has 2 heterocycles. The number of anilines is 2. The average molecular weight is 482 g/mol. The van der Waals surface area contributed by atoms with E-state index >= 15 is 0 Å². The van der Waals surface area contributed by atoms with Crippen molar-refractivity contribution in [2.45, 2.75) is 13.3 Å². The highest BCUT2D eigenvalue weighted by Crippen LogP contribution is 2.32. The monoisotopic (exact) mass is 481 g/mol. The van der Waals surface area contributed by atoms with Gasteiger partial charge in [-0.25, -0.2) is 4.79 Å². The van der Waals surface area contributed by atoms with Gasteiger partial charge in [-0.3, -0.25) is 24.7 Å². The minimum absolute atomic E-state index is 0.0482. The molecule has 0 aliphatic carbocycles. The fraction of sp³-hybridized carbons (Fsp3) is 0.400. The first-order valence-electron chi connectivity index (χ1n) is 11.8. The van der Waals surface area contributed by atoms with Crippen molar-refractivity contribution in [2.75, 3.05) is 63.1 Å². The van der Waals surface area contributed by atoms with Crippen LogP contribution in [0.3, 0.4) is 0 Å². The molecule has 2 aromatic carbocycles. The van der Waals surface area contributed by atoms with Gasteiger partial charge in [0.1, 0.15) is 13.2 Å². The van der Waals surface area contributed by atoms with Crippen molar-refractivity contribution in [1.29, 1.82) is 0 Å². The number of ether oxygens (including phenoxy) is 2. The smallest absolute Gasteiger partial charge is 0.325 e. The highest BCUT2D eigenvalue weighted by atomic mass is 16.6. The summed E-state index contributed by atoms with van der Waals surface area (Å²) < 4.78 is 11.0.